The summed E-state index contributed by atoms with van der Waals surface area (Å²) in [5, 5.41) is 5.77. The Labute approximate surface area is 127 Å². The van der Waals surface area contributed by atoms with E-state index in [1.165, 1.54) is 12.8 Å². The largest absolute Gasteiger partial charge is 0.337 e. The Bertz CT molecular complexity index is 429. The first kappa shape index (κ1) is 15.8. The summed E-state index contributed by atoms with van der Waals surface area (Å²) in [5.41, 5.74) is 0.866. The zero-order chi connectivity index (χ0) is 15.1. The molecule has 2 N–H and O–H groups in total. The Hall–Kier alpha value is -1.62. The third-order valence-corrected chi connectivity index (χ3v) is 4.16. The van der Waals surface area contributed by atoms with Gasteiger partial charge >= 0.3 is 6.03 Å². The molecule has 0 unspecified atom stereocenters. The van der Waals surface area contributed by atoms with Crippen LogP contribution in [0.4, 0.5) is 4.79 Å². The lowest BCUT2D eigenvalue weighted by Gasteiger charge is -2.34. The molecule has 0 spiro atoms. The molecular formula is C16H26N4O. The van der Waals surface area contributed by atoms with Gasteiger partial charge in [0.25, 0.3) is 0 Å². The van der Waals surface area contributed by atoms with Crippen LogP contribution < -0.4 is 10.6 Å². The van der Waals surface area contributed by atoms with Gasteiger partial charge < -0.3 is 10.6 Å². The highest BCUT2D eigenvalue weighted by atomic mass is 16.2. The molecule has 0 aromatic carbocycles. The summed E-state index contributed by atoms with van der Waals surface area (Å²) in [6.45, 7) is 7.91. The van der Waals surface area contributed by atoms with Gasteiger partial charge in [-0.3, -0.25) is 9.88 Å². The molecule has 1 aromatic rings. The van der Waals surface area contributed by atoms with Crippen molar-refractivity contribution in [1.29, 1.82) is 0 Å². The zero-order valence-corrected chi connectivity index (χ0v) is 13.0. The highest BCUT2D eigenvalue weighted by Crippen LogP contribution is 2.17. The number of urea groups is 1. The molecule has 1 saturated heterocycles. The third-order valence-electron chi connectivity index (χ3n) is 4.16. The Morgan fingerprint density at radius 3 is 2.81 bits per heavy atom. The number of hydrogen-bond acceptors (Lipinski definition) is 3. The molecule has 1 aliphatic heterocycles. The number of pyridine rings is 1. The van der Waals surface area contributed by atoms with Crippen molar-refractivity contribution in [1.82, 2.24) is 20.5 Å². The van der Waals surface area contributed by atoms with E-state index in [1.54, 1.807) is 6.20 Å². The van der Waals surface area contributed by atoms with E-state index in [0.29, 0.717) is 19.1 Å². The van der Waals surface area contributed by atoms with E-state index in [1.807, 2.05) is 18.2 Å². The Morgan fingerprint density at radius 2 is 2.14 bits per heavy atom. The molecule has 1 aromatic heterocycles. The minimum absolute atomic E-state index is 0.127. The quantitative estimate of drug-likeness (QED) is 0.872. The number of carbonyl (C=O) groups excluding carboxylic acids is 1. The molecule has 21 heavy (non-hydrogen) atoms. The van der Waals surface area contributed by atoms with Crippen molar-refractivity contribution >= 4 is 6.03 Å². The predicted molar refractivity (Wildman–Crippen MR) is 83.9 cm³/mol. The lowest BCUT2D eigenvalue weighted by Crippen LogP contribution is -2.47. The average molecular weight is 290 g/mol. The average Bonchev–Trinajstić information content (AvgIpc) is 2.52. The Kier molecular flexibility index (Phi) is 5.99. The number of nitrogens with zero attached hydrogens (tertiary/aromatic N) is 2. The molecule has 2 heterocycles. The third kappa shape index (κ3) is 5.34. The topological polar surface area (TPSA) is 57.3 Å². The van der Waals surface area contributed by atoms with Crippen LogP contribution in [0.25, 0.3) is 0 Å². The van der Waals surface area contributed by atoms with E-state index in [9.17, 15) is 4.79 Å². The van der Waals surface area contributed by atoms with E-state index < -0.39 is 0 Å². The first-order valence-electron chi connectivity index (χ1n) is 7.81. The zero-order valence-electron chi connectivity index (χ0n) is 13.0. The number of piperidine rings is 1. The van der Waals surface area contributed by atoms with Crippen LogP contribution in [-0.4, -0.2) is 41.6 Å². The molecular weight excluding hydrogens is 264 g/mol. The van der Waals surface area contributed by atoms with Gasteiger partial charge in [-0.1, -0.05) is 13.0 Å². The summed E-state index contributed by atoms with van der Waals surface area (Å²) in [6, 6.07) is 5.94. The van der Waals surface area contributed by atoms with Crippen molar-refractivity contribution in [2.75, 3.05) is 19.6 Å². The molecule has 2 amide bonds. The number of amides is 2. The van der Waals surface area contributed by atoms with Gasteiger partial charge in [-0.15, -0.1) is 0 Å². The Morgan fingerprint density at radius 1 is 1.38 bits per heavy atom. The van der Waals surface area contributed by atoms with Crippen molar-refractivity contribution < 1.29 is 4.79 Å². The summed E-state index contributed by atoms with van der Waals surface area (Å²) in [6.07, 6.45) is 4.25. The summed E-state index contributed by atoms with van der Waals surface area (Å²) < 4.78 is 0. The van der Waals surface area contributed by atoms with Gasteiger partial charge in [0, 0.05) is 18.8 Å². The molecule has 0 aliphatic carbocycles. The van der Waals surface area contributed by atoms with Crippen molar-refractivity contribution in [3.8, 4) is 0 Å². The van der Waals surface area contributed by atoms with Gasteiger partial charge in [0.2, 0.25) is 0 Å². The van der Waals surface area contributed by atoms with Crippen molar-refractivity contribution in [2.24, 2.45) is 5.92 Å². The first-order chi connectivity index (χ1) is 10.1. The second kappa shape index (κ2) is 7.98. The monoisotopic (exact) mass is 290 g/mol. The van der Waals surface area contributed by atoms with Crippen molar-refractivity contribution in [3.05, 3.63) is 30.1 Å². The number of carbonyl (C=O) groups is 1. The molecule has 0 bridgehead atoms. The normalized spacial score (nSPS) is 18.2. The van der Waals surface area contributed by atoms with E-state index in [-0.39, 0.29) is 6.03 Å². The van der Waals surface area contributed by atoms with Gasteiger partial charge in [0.15, 0.2) is 0 Å². The lowest BCUT2D eigenvalue weighted by molar-refractivity contribution is 0.145. The molecule has 116 valence electrons. The Balaban J connectivity index is 1.64. The van der Waals surface area contributed by atoms with Crippen LogP contribution in [0.2, 0.25) is 0 Å². The van der Waals surface area contributed by atoms with E-state index in [0.717, 1.165) is 24.7 Å². The van der Waals surface area contributed by atoms with Crippen molar-refractivity contribution in [2.45, 2.75) is 39.3 Å². The predicted octanol–water partition coefficient (Wildman–Crippen LogP) is 2.00. The van der Waals surface area contributed by atoms with Gasteiger partial charge in [-0.2, -0.15) is 0 Å². The molecule has 5 nitrogen and oxygen atoms in total. The highest BCUT2D eigenvalue weighted by Gasteiger charge is 2.20. The van der Waals surface area contributed by atoms with Crippen LogP contribution in [0.15, 0.2) is 24.4 Å². The number of nitrogens with one attached hydrogen (secondary N) is 2. The van der Waals surface area contributed by atoms with Crippen molar-refractivity contribution in [3.63, 3.8) is 0 Å². The maximum atomic E-state index is 11.8. The van der Waals surface area contributed by atoms with Crippen LogP contribution >= 0.6 is 0 Å². The standard InChI is InChI=1S/C16H26N4O/c1-13-6-9-20(10-7-13)14(2)11-18-16(21)19-12-15-5-3-4-8-17-15/h3-5,8,13-14H,6-7,9-12H2,1-2H3,(H2,18,19,21)/t14-/m1/s1. The molecule has 1 atom stereocenters. The fraction of sp³-hybridized carbons (Fsp3) is 0.625. The highest BCUT2D eigenvalue weighted by molar-refractivity contribution is 5.73. The van der Waals surface area contributed by atoms with Gasteiger partial charge in [-0.25, -0.2) is 4.79 Å². The lowest BCUT2D eigenvalue weighted by atomic mass is 9.98. The number of likely N-dealkylation sites (tertiary alicyclic amines) is 1. The van der Waals surface area contributed by atoms with Gasteiger partial charge in [0.05, 0.1) is 12.2 Å². The van der Waals surface area contributed by atoms with Crippen LogP contribution in [0.5, 0.6) is 0 Å². The fourth-order valence-corrected chi connectivity index (χ4v) is 2.57. The second-order valence-corrected chi connectivity index (χ2v) is 5.95. The van der Waals surface area contributed by atoms with E-state index in [2.05, 4.69) is 34.4 Å². The van der Waals surface area contributed by atoms with E-state index in [4.69, 9.17) is 0 Å². The van der Waals surface area contributed by atoms with Crippen LogP contribution in [-0.2, 0) is 6.54 Å². The van der Waals surface area contributed by atoms with Crippen LogP contribution in [0.3, 0.4) is 0 Å². The summed E-state index contributed by atoms with van der Waals surface area (Å²) >= 11 is 0. The SMILES string of the molecule is CC1CCN([C@H](C)CNC(=O)NCc2ccccn2)CC1. The summed E-state index contributed by atoms with van der Waals surface area (Å²) in [5.74, 6) is 0.836. The van der Waals surface area contributed by atoms with E-state index >= 15 is 0 Å². The maximum Gasteiger partial charge on any atom is 0.315 e. The number of aromatic nitrogens is 1. The maximum absolute atomic E-state index is 11.8. The first-order valence-corrected chi connectivity index (χ1v) is 7.81. The minimum Gasteiger partial charge on any atom is -0.337 e. The molecule has 0 radical (unpaired) electrons. The minimum atomic E-state index is -0.127. The molecule has 1 aliphatic rings. The van der Waals surface area contributed by atoms with Gasteiger partial charge in [-0.05, 0) is 50.9 Å². The second-order valence-electron chi connectivity index (χ2n) is 5.95. The molecule has 5 heteroatoms. The fourth-order valence-electron chi connectivity index (χ4n) is 2.57. The molecule has 2 rings (SSSR count). The van der Waals surface area contributed by atoms with Gasteiger partial charge in [0.1, 0.15) is 0 Å². The molecule has 0 saturated carbocycles. The van der Waals surface area contributed by atoms with Crippen LogP contribution in [0.1, 0.15) is 32.4 Å². The number of rotatable bonds is 5. The van der Waals surface area contributed by atoms with Crippen LogP contribution in [0, 0.1) is 5.92 Å². The molecule has 1 fully saturated rings. The number of hydrogen-bond donors (Lipinski definition) is 2. The summed E-state index contributed by atoms with van der Waals surface area (Å²) in [4.78, 5) is 18.4. The summed E-state index contributed by atoms with van der Waals surface area (Å²) in [7, 11) is 0. The smallest absolute Gasteiger partial charge is 0.315 e.